The fraction of sp³-hybridized carbons (Fsp3) is 0.143. The van der Waals surface area contributed by atoms with Gasteiger partial charge in [0, 0.05) is 0 Å². The SMILES string of the molecule is Cc1ccc(OP(S)Oc2ccc(C)cc2)cc1. The highest BCUT2D eigenvalue weighted by atomic mass is 32.7. The van der Waals surface area contributed by atoms with Crippen molar-refractivity contribution in [2.24, 2.45) is 0 Å². The lowest BCUT2D eigenvalue weighted by Gasteiger charge is -2.13. The molecule has 2 aromatic rings. The zero-order valence-electron chi connectivity index (χ0n) is 10.3. The second-order valence-corrected chi connectivity index (χ2v) is 5.87. The molecule has 4 heteroatoms. The first-order chi connectivity index (χ1) is 8.63. The van der Waals surface area contributed by atoms with E-state index >= 15 is 0 Å². The second kappa shape index (κ2) is 6.12. The summed E-state index contributed by atoms with van der Waals surface area (Å²) in [5, 5.41) is 0. The monoisotopic (exact) mass is 278 g/mol. The molecule has 94 valence electrons. The molecule has 0 N–H and O–H groups in total. The second-order valence-electron chi connectivity index (χ2n) is 4.05. The van der Waals surface area contributed by atoms with Crippen molar-refractivity contribution in [2.45, 2.75) is 13.8 Å². The van der Waals surface area contributed by atoms with Crippen LogP contribution >= 0.6 is 19.8 Å². The Balaban J connectivity index is 1.94. The van der Waals surface area contributed by atoms with Gasteiger partial charge in [-0.2, -0.15) is 0 Å². The van der Waals surface area contributed by atoms with Crippen molar-refractivity contribution in [1.82, 2.24) is 0 Å². The average Bonchev–Trinajstić information content (AvgIpc) is 2.35. The fourth-order valence-corrected chi connectivity index (χ4v) is 2.60. The molecular weight excluding hydrogens is 263 g/mol. The molecule has 0 spiro atoms. The zero-order valence-corrected chi connectivity index (χ0v) is 12.1. The van der Waals surface area contributed by atoms with Gasteiger partial charge in [0.25, 0.3) is 0 Å². The number of hydrogen-bond acceptors (Lipinski definition) is 3. The van der Waals surface area contributed by atoms with E-state index in [0.29, 0.717) is 0 Å². The van der Waals surface area contributed by atoms with Crippen molar-refractivity contribution in [3.05, 3.63) is 59.7 Å². The van der Waals surface area contributed by atoms with E-state index in [0.717, 1.165) is 11.5 Å². The highest BCUT2D eigenvalue weighted by Crippen LogP contribution is 2.44. The Morgan fingerprint density at radius 1 is 0.722 bits per heavy atom. The van der Waals surface area contributed by atoms with Gasteiger partial charge in [-0.25, -0.2) is 0 Å². The Kier molecular flexibility index (Phi) is 4.51. The van der Waals surface area contributed by atoms with Crippen molar-refractivity contribution in [2.75, 3.05) is 0 Å². The Morgan fingerprint density at radius 3 is 1.39 bits per heavy atom. The topological polar surface area (TPSA) is 18.5 Å². The predicted octanol–water partition coefficient (Wildman–Crippen LogP) is 4.92. The van der Waals surface area contributed by atoms with Crippen LogP contribution in [0.25, 0.3) is 0 Å². The van der Waals surface area contributed by atoms with Gasteiger partial charge < -0.3 is 9.05 Å². The summed E-state index contributed by atoms with van der Waals surface area (Å²) >= 11 is 4.33. The van der Waals surface area contributed by atoms with Crippen LogP contribution in [0.3, 0.4) is 0 Å². The van der Waals surface area contributed by atoms with Gasteiger partial charge in [-0.05, 0) is 38.1 Å². The van der Waals surface area contributed by atoms with Gasteiger partial charge in [0.15, 0.2) is 0 Å². The Labute approximate surface area is 114 Å². The smallest absolute Gasteiger partial charge is 0.357 e. The van der Waals surface area contributed by atoms with E-state index in [2.05, 4.69) is 12.2 Å². The molecule has 0 aliphatic rings. The molecule has 0 fully saturated rings. The zero-order chi connectivity index (χ0) is 13.0. The van der Waals surface area contributed by atoms with Gasteiger partial charge in [0.2, 0.25) is 0 Å². The Hall–Kier alpha value is -1.18. The van der Waals surface area contributed by atoms with E-state index in [9.17, 15) is 0 Å². The van der Waals surface area contributed by atoms with Gasteiger partial charge >= 0.3 is 7.58 Å². The minimum Gasteiger partial charge on any atom is -0.431 e. The number of rotatable bonds is 4. The maximum atomic E-state index is 5.61. The molecule has 0 heterocycles. The molecule has 18 heavy (non-hydrogen) atoms. The maximum absolute atomic E-state index is 5.61. The van der Waals surface area contributed by atoms with Crippen molar-refractivity contribution >= 4 is 19.8 Å². The molecule has 0 unspecified atom stereocenters. The number of hydrogen-bond donors (Lipinski definition) is 1. The van der Waals surface area contributed by atoms with Gasteiger partial charge in [-0.3, -0.25) is 0 Å². The van der Waals surface area contributed by atoms with Crippen LogP contribution in [0, 0.1) is 13.8 Å². The third kappa shape index (κ3) is 3.94. The molecule has 2 rings (SSSR count). The first kappa shape index (κ1) is 13.3. The summed E-state index contributed by atoms with van der Waals surface area (Å²) in [6.45, 7) is 4.08. The summed E-state index contributed by atoms with van der Waals surface area (Å²) in [6.07, 6.45) is 0. The van der Waals surface area contributed by atoms with E-state index in [1.165, 1.54) is 11.1 Å². The summed E-state index contributed by atoms with van der Waals surface area (Å²) in [6, 6.07) is 15.7. The molecule has 0 saturated heterocycles. The van der Waals surface area contributed by atoms with E-state index in [4.69, 9.17) is 9.05 Å². The summed E-state index contributed by atoms with van der Waals surface area (Å²) in [4.78, 5) is 0. The molecule has 0 bridgehead atoms. The summed E-state index contributed by atoms with van der Waals surface area (Å²) in [5.74, 6) is 1.54. The quantitative estimate of drug-likeness (QED) is 0.632. The first-order valence-corrected chi connectivity index (χ1v) is 7.95. The van der Waals surface area contributed by atoms with Crippen molar-refractivity contribution in [3.63, 3.8) is 0 Å². The summed E-state index contributed by atoms with van der Waals surface area (Å²) in [5.41, 5.74) is 2.40. The van der Waals surface area contributed by atoms with E-state index in [1.807, 2.05) is 62.4 Å². The minimum absolute atomic E-state index is 0.772. The van der Waals surface area contributed by atoms with Crippen LogP contribution in [0.5, 0.6) is 11.5 Å². The molecule has 0 radical (unpaired) electrons. The maximum Gasteiger partial charge on any atom is 0.357 e. The molecule has 0 aliphatic heterocycles. The van der Waals surface area contributed by atoms with Crippen LogP contribution < -0.4 is 9.05 Å². The van der Waals surface area contributed by atoms with Gasteiger partial charge in [0.05, 0.1) is 0 Å². The number of aryl methyl sites for hydroxylation is 2. The normalized spacial score (nSPS) is 10.4. The molecule has 2 aromatic carbocycles. The molecule has 0 saturated carbocycles. The van der Waals surface area contributed by atoms with Crippen LogP contribution in [-0.2, 0) is 0 Å². The van der Waals surface area contributed by atoms with Crippen LogP contribution in [-0.4, -0.2) is 0 Å². The third-order valence-electron chi connectivity index (χ3n) is 2.41. The van der Waals surface area contributed by atoms with Gasteiger partial charge in [-0.15, -0.1) is 0 Å². The Bertz CT molecular complexity index is 449. The predicted molar refractivity (Wildman–Crippen MR) is 79.5 cm³/mol. The fourth-order valence-electron chi connectivity index (χ4n) is 1.40. The molecule has 0 aliphatic carbocycles. The molecule has 0 atom stereocenters. The molecule has 0 amide bonds. The van der Waals surface area contributed by atoms with E-state index in [-0.39, 0.29) is 0 Å². The van der Waals surface area contributed by atoms with Gasteiger partial charge in [0.1, 0.15) is 11.5 Å². The number of thiol groups is 1. The minimum atomic E-state index is -1.26. The Morgan fingerprint density at radius 2 is 1.06 bits per heavy atom. The van der Waals surface area contributed by atoms with Gasteiger partial charge in [-0.1, -0.05) is 47.6 Å². The first-order valence-electron chi connectivity index (χ1n) is 5.62. The third-order valence-corrected chi connectivity index (χ3v) is 3.63. The van der Waals surface area contributed by atoms with Crippen molar-refractivity contribution in [1.29, 1.82) is 0 Å². The molecule has 2 nitrogen and oxygen atoms in total. The van der Waals surface area contributed by atoms with Crippen LogP contribution in [0.1, 0.15) is 11.1 Å². The van der Waals surface area contributed by atoms with Crippen LogP contribution in [0.4, 0.5) is 0 Å². The van der Waals surface area contributed by atoms with E-state index < -0.39 is 7.58 Å². The molecule has 0 aromatic heterocycles. The lowest BCUT2D eigenvalue weighted by Crippen LogP contribution is -1.90. The van der Waals surface area contributed by atoms with Crippen LogP contribution in [0.15, 0.2) is 48.5 Å². The van der Waals surface area contributed by atoms with Crippen molar-refractivity contribution < 1.29 is 9.05 Å². The highest BCUT2D eigenvalue weighted by molar-refractivity contribution is 8.42. The van der Waals surface area contributed by atoms with Crippen LogP contribution in [0.2, 0.25) is 0 Å². The summed E-state index contributed by atoms with van der Waals surface area (Å²) < 4.78 is 11.2. The standard InChI is InChI=1S/C14H15O2PS/c1-11-3-7-13(8-4-11)15-17(18)16-14-9-5-12(2)6-10-14/h3-10,18H,1-2H3. The lowest BCUT2D eigenvalue weighted by molar-refractivity contribution is 0.510. The number of benzene rings is 2. The molecular formula is C14H15O2PS. The largest absolute Gasteiger partial charge is 0.431 e. The lowest BCUT2D eigenvalue weighted by atomic mass is 10.2. The average molecular weight is 278 g/mol. The summed E-state index contributed by atoms with van der Waals surface area (Å²) in [7, 11) is -1.26. The van der Waals surface area contributed by atoms with Crippen molar-refractivity contribution in [3.8, 4) is 11.5 Å². The van der Waals surface area contributed by atoms with E-state index in [1.54, 1.807) is 0 Å². The highest BCUT2D eigenvalue weighted by Gasteiger charge is 2.08.